The molecule has 0 amide bonds. The van der Waals surface area contributed by atoms with E-state index in [1.807, 2.05) is 6.92 Å². The first-order valence-electron chi connectivity index (χ1n) is 8.31. The van der Waals surface area contributed by atoms with Gasteiger partial charge in [-0.05, 0) is 50.1 Å². The Morgan fingerprint density at radius 3 is 2.17 bits per heavy atom. The fraction of sp³-hybridized carbons (Fsp3) is 0.300. The number of nitrogens with zero attached hydrogens (tertiary/aromatic N) is 1. The second-order valence-corrected chi connectivity index (χ2v) is 5.77. The highest BCUT2D eigenvalue weighted by atomic mass is 16.7. The molecule has 2 aromatic rings. The van der Waals surface area contributed by atoms with Gasteiger partial charge < -0.3 is 4.90 Å². The molecule has 2 aromatic carbocycles. The zero-order chi connectivity index (χ0) is 16.2. The highest BCUT2D eigenvalue weighted by Crippen LogP contribution is 2.31. The van der Waals surface area contributed by atoms with Crippen molar-refractivity contribution in [2.75, 3.05) is 18.0 Å². The van der Waals surface area contributed by atoms with Crippen LogP contribution in [0, 0.1) is 0 Å². The topological polar surface area (TPSA) is 24.5 Å². The van der Waals surface area contributed by atoms with Crippen molar-refractivity contribution in [3.8, 4) is 11.1 Å². The van der Waals surface area contributed by atoms with E-state index in [-0.39, 0.29) is 6.10 Å². The van der Waals surface area contributed by atoms with Gasteiger partial charge in [-0.3, -0.25) is 10.3 Å². The third-order valence-corrected chi connectivity index (χ3v) is 4.28. The van der Waals surface area contributed by atoms with Crippen LogP contribution in [-0.4, -0.2) is 19.2 Å². The molecule has 0 bridgehead atoms. The summed E-state index contributed by atoms with van der Waals surface area (Å²) in [7, 11) is 0. The van der Waals surface area contributed by atoms with Crippen molar-refractivity contribution in [1.82, 2.24) is 5.48 Å². The van der Waals surface area contributed by atoms with Crippen molar-refractivity contribution in [3.05, 3.63) is 60.2 Å². The molecular formula is C20H24N2O. The molecule has 0 saturated carbocycles. The van der Waals surface area contributed by atoms with E-state index in [0.29, 0.717) is 0 Å². The summed E-state index contributed by atoms with van der Waals surface area (Å²) in [5.74, 6) is 0. The number of nitrogens with one attached hydrogen (secondary N) is 1. The van der Waals surface area contributed by atoms with Gasteiger partial charge in [0.15, 0.2) is 0 Å². The SMILES string of the molecule is CCN(CC)c1ccc(-c2ccccc2C2=CC(C)ON2)cc1. The highest BCUT2D eigenvalue weighted by Gasteiger charge is 2.16. The van der Waals surface area contributed by atoms with Crippen LogP contribution >= 0.6 is 0 Å². The molecular weight excluding hydrogens is 284 g/mol. The van der Waals surface area contributed by atoms with Crippen molar-refractivity contribution in [3.63, 3.8) is 0 Å². The van der Waals surface area contributed by atoms with Gasteiger partial charge in [0.25, 0.3) is 0 Å². The van der Waals surface area contributed by atoms with E-state index < -0.39 is 0 Å². The summed E-state index contributed by atoms with van der Waals surface area (Å²) in [5, 5.41) is 0. The van der Waals surface area contributed by atoms with Gasteiger partial charge in [0.2, 0.25) is 0 Å². The van der Waals surface area contributed by atoms with E-state index >= 15 is 0 Å². The third-order valence-electron chi connectivity index (χ3n) is 4.28. The normalized spacial score (nSPS) is 16.8. The highest BCUT2D eigenvalue weighted by molar-refractivity contribution is 5.81. The van der Waals surface area contributed by atoms with E-state index in [1.165, 1.54) is 22.4 Å². The summed E-state index contributed by atoms with van der Waals surface area (Å²) in [5.41, 5.74) is 8.96. The molecule has 0 aliphatic carbocycles. The lowest BCUT2D eigenvalue weighted by molar-refractivity contribution is 0.0625. The van der Waals surface area contributed by atoms with Crippen LogP contribution in [0.25, 0.3) is 16.8 Å². The summed E-state index contributed by atoms with van der Waals surface area (Å²) in [6.07, 6.45) is 2.21. The Morgan fingerprint density at radius 1 is 0.957 bits per heavy atom. The Hall–Kier alpha value is -2.26. The molecule has 3 rings (SSSR count). The molecule has 23 heavy (non-hydrogen) atoms. The first kappa shape index (κ1) is 15.6. The lowest BCUT2D eigenvalue weighted by atomic mass is 9.97. The van der Waals surface area contributed by atoms with Crippen molar-refractivity contribution in [2.45, 2.75) is 26.9 Å². The van der Waals surface area contributed by atoms with E-state index in [0.717, 1.165) is 18.8 Å². The van der Waals surface area contributed by atoms with E-state index in [9.17, 15) is 0 Å². The monoisotopic (exact) mass is 308 g/mol. The van der Waals surface area contributed by atoms with Crippen molar-refractivity contribution in [2.24, 2.45) is 0 Å². The molecule has 0 saturated heterocycles. The number of benzene rings is 2. The third kappa shape index (κ3) is 3.25. The molecule has 3 nitrogen and oxygen atoms in total. The molecule has 1 N–H and O–H groups in total. The summed E-state index contributed by atoms with van der Waals surface area (Å²) in [6, 6.07) is 17.2. The number of anilines is 1. The molecule has 0 aromatic heterocycles. The number of hydrogen-bond acceptors (Lipinski definition) is 3. The minimum Gasteiger partial charge on any atom is -0.372 e. The lowest BCUT2D eigenvalue weighted by Gasteiger charge is -2.21. The Morgan fingerprint density at radius 2 is 1.61 bits per heavy atom. The smallest absolute Gasteiger partial charge is 0.103 e. The number of hydrogen-bond donors (Lipinski definition) is 1. The average Bonchev–Trinajstić information content (AvgIpc) is 3.03. The minimum absolute atomic E-state index is 0.100. The fourth-order valence-electron chi connectivity index (χ4n) is 3.01. The average molecular weight is 308 g/mol. The first-order valence-corrected chi connectivity index (χ1v) is 8.31. The van der Waals surface area contributed by atoms with Gasteiger partial charge in [-0.15, -0.1) is 0 Å². The molecule has 120 valence electrons. The van der Waals surface area contributed by atoms with Crippen LogP contribution in [0.15, 0.2) is 54.6 Å². The molecule has 1 unspecified atom stereocenters. The van der Waals surface area contributed by atoms with Crippen LogP contribution in [0.2, 0.25) is 0 Å². The first-order chi connectivity index (χ1) is 11.2. The molecule has 0 radical (unpaired) electrons. The zero-order valence-electron chi connectivity index (χ0n) is 14.0. The van der Waals surface area contributed by atoms with Crippen LogP contribution in [0.3, 0.4) is 0 Å². The molecule has 0 fully saturated rings. The van der Waals surface area contributed by atoms with Gasteiger partial charge >= 0.3 is 0 Å². The predicted octanol–water partition coefficient (Wildman–Crippen LogP) is 4.46. The summed E-state index contributed by atoms with van der Waals surface area (Å²) in [4.78, 5) is 7.79. The van der Waals surface area contributed by atoms with E-state index in [2.05, 4.69) is 78.8 Å². The predicted molar refractivity (Wildman–Crippen MR) is 97.1 cm³/mol. The van der Waals surface area contributed by atoms with Gasteiger partial charge in [-0.1, -0.05) is 36.4 Å². The van der Waals surface area contributed by atoms with Crippen LogP contribution in [0.5, 0.6) is 0 Å². The molecule has 1 aliphatic heterocycles. The molecule has 1 heterocycles. The second-order valence-electron chi connectivity index (χ2n) is 5.77. The lowest BCUT2D eigenvalue weighted by Crippen LogP contribution is -2.21. The Bertz CT molecular complexity index is 687. The quantitative estimate of drug-likeness (QED) is 0.882. The van der Waals surface area contributed by atoms with Gasteiger partial charge in [-0.2, -0.15) is 0 Å². The minimum atomic E-state index is 0.100. The van der Waals surface area contributed by atoms with Crippen molar-refractivity contribution >= 4 is 11.4 Å². The van der Waals surface area contributed by atoms with Crippen LogP contribution < -0.4 is 10.4 Å². The largest absolute Gasteiger partial charge is 0.372 e. The number of hydroxylamine groups is 1. The van der Waals surface area contributed by atoms with Gasteiger partial charge in [0.05, 0.1) is 5.70 Å². The maximum Gasteiger partial charge on any atom is 0.103 e. The van der Waals surface area contributed by atoms with Crippen LogP contribution in [-0.2, 0) is 4.84 Å². The Balaban J connectivity index is 1.95. The Labute approximate surface area is 138 Å². The molecule has 1 aliphatic rings. The molecule has 0 spiro atoms. The van der Waals surface area contributed by atoms with E-state index in [1.54, 1.807) is 0 Å². The molecule has 1 atom stereocenters. The zero-order valence-corrected chi connectivity index (χ0v) is 14.0. The standard InChI is InChI=1S/C20H24N2O/c1-4-22(5-2)17-12-10-16(11-13-17)18-8-6-7-9-19(18)20-14-15(3)23-21-20/h6-15,21H,4-5H2,1-3H3. The van der Waals surface area contributed by atoms with E-state index in [4.69, 9.17) is 4.84 Å². The number of rotatable bonds is 5. The maximum absolute atomic E-state index is 5.44. The summed E-state index contributed by atoms with van der Waals surface area (Å²) < 4.78 is 0. The fourth-order valence-corrected chi connectivity index (χ4v) is 3.01. The van der Waals surface area contributed by atoms with Crippen LogP contribution in [0.1, 0.15) is 26.3 Å². The van der Waals surface area contributed by atoms with Crippen LogP contribution in [0.4, 0.5) is 5.69 Å². The summed E-state index contributed by atoms with van der Waals surface area (Å²) in [6.45, 7) is 8.46. The van der Waals surface area contributed by atoms with Crippen molar-refractivity contribution in [1.29, 1.82) is 0 Å². The van der Waals surface area contributed by atoms with Crippen molar-refractivity contribution < 1.29 is 4.84 Å². The van der Waals surface area contributed by atoms with Gasteiger partial charge in [0, 0.05) is 24.3 Å². The Kier molecular flexibility index (Phi) is 4.68. The van der Waals surface area contributed by atoms with Gasteiger partial charge in [0.1, 0.15) is 6.10 Å². The summed E-state index contributed by atoms with van der Waals surface area (Å²) >= 11 is 0. The molecule has 3 heteroatoms. The van der Waals surface area contributed by atoms with Gasteiger partial charge in [-0.25, -0.2) is 0 Å². The second kappa shape index (κ2) is 6.88. The maximum atomic E-state index is 5.44.